The quantitative estimate of drug-likeness (QED) is 0.863. The summed E-state index contributed by atoms with van der Waals surface area (Å²) < 4.78 is 11.3. The molecule has 2 aromatic rings. The van der Waals surface area contributed by atoms with Crippen molar-refractivity contribution in [1.29, 1.82) is 0 Å². The minimum atomic E-state index is -1.09. The van der Waals surface area contributed by atoms with Crippen LogP contribution in [0, 0.1) is 20.8 Å². The number of hydrogen-bond donors (Lipinski definition) is 2. The molecule has 0 aromatic heterocycles. The van der Waals surface area contributed by atoms with E-state index in [4.69, 9.17) is 0 Å². The first-order chi connectivity index (χ1) is 11.8. The minimum Gasteiger partial charge on any atom is -0.343 e. The molecule has 0 bridgehead atoms. The molecule has 0 saturated carbocycles. The zero-order valence-corrected chi connectivity index (χ0v) is 15.6. The highest BCUT2D eigenvalue weighted by Crippen LogP contribution is 2.21. The summed E-state index contributed by atoms with van der Waals surface area (Å²) in [6.07, 6.45) is 1.58. The van der Waals surface area contributed by atoms with Crippen molar-refractivity contribution >= 4 is 28.3 Å². The zero-order valence-electron chi connectivity index (χ0n) is 14.8. The van der Waals surface area contributed by atoms with Crippen molar-refractivity contribution in [1.82, 2.24) is 5.32 Å². The molecule has 0 radical (unpaired) electrons. The normalized spacial score (nSPS) is 11.7. The van der Waals surface area contributed by atoms with Crippen LogP contribution in [0.25, 0.3) is 0 Å². The summed E-state index contributed by atoms with van der Waals surface area (Å²) in [6.45, 7) is 5.76. The Hall–Kier alpha value is -2.47. The van der Waals surface area contributed by atoms with Crippen LogP contribution in [0.4, 0.5) is 5.69 Å². The fourth-order valence-electron chi connectivity index (χ4n) is 2.62. The number of benzene rings is 2. The Labute approximate surface area is 150 Å². The van der Waals surface area contributed by atoms with Gasteiger partial charge in [-0.2, -0.15) is 0 Å². The van der Waals surface area contributed by atoms with Crippen molar-refractivity contribution in [2.45, 2.75) is 25.7 Å². The predicted octanol–water partition coefficient (Wildman–Crippen LogP) is 2.72. The molecule has 0 saturated heterocycles. The van der Waals surface area contributed by atoms with Gasteiger partial charge < -0.3 is 10.6 Å². The Bertz CT molecular complexity index is 806. The summed E-state index contributed by atoms with van der Waals surface area (Å²) in [5.74, 6) is -0.629. The SMILES string of the molecule is Cc1cc(C)c(NC(=O)CNC(=O)c2ccc(S(C)=O)cc2)c(C)c1. The third-order valence-corrected chi connectivity index (χ3v) is 4.74. The van der Waals surface area contributed by atoms with Crippen LogP contribution in [0.3, 0.4) is 0 Å². The third-order valence-electron chi connectivity index (χ3n) is 3.80. The van der Waals surface area contributed by atoms with Crippen LogP contribution in [0.15, 0.2) is 41.3 Å². The van der Waals surface area contributed by atoms with E-state index >= 15 is 0 Å². The molecular weight excluding hydrogens is 336 g/mol. The van der Waals surface area contributed by atoms with Gasteiger partial charge in [-0.25, -0.2) is 0 Å². The standard InChI is InChI=1S/C19H22N2O3S/c1-12-9-13(2)18(14(3)10-12)21-17(22)11-20-19(23)15-5-7-16(8-6-15)25(4)24/h5-10H,11H2,1-4H3,(H,20,23)(H,21,22). The molecular formula is C19H22N2O3S. The molecule has 1 atom stereocenters. The second-order valence-corrected chi connectivity index (χ2v) is 7.36. The van der Waals surface area contributed by atoms with Crippen LogP contribution < -0.4 is 10.6 Å². The third kappa shape index (κ3) is 5.00. The predicted molar refractivity (Wildman–Crippen MR) is 100 cm³/mol. The van der Waals surface area contributed by atoms with Gasteiger partial charge >= 0.3 is 0 Å². The summed E-state index contributed by atoms with van der Waals surface area (Å²) >= 11 is 0. The largest absolute Gasteiger partial charge is 0.343 e. The molecule has 25 heavy (non-hydrogen) atoms. The maximum atomic E-state index is 12.1. The maximum absolute atomic E-state index is 12.1. The van der Waals surface area contributed by atoms with Crippen LogP contribution >= 0.6 is 0 Å². The van der Waals surface area contributed by atoms with Gasteiger partial charge in [-0.3, -0.25) is 13.8 Å². The summed E-state index contributed by atoms with van der Waals surface area (Å²) in [6, 6.07) is 10.5. The Kier molecular flexibility index (Phi) is 6.09. The van der Waals surface area contributed by atoms with Crippen molar-refractivity contribution in [3.63, 3.8) is 0 Å². The first-order valence-corrected chi connectivity index (χ1v) is 9.43. The van der Waals surface area contributed by atoms with Gasteiger partial charge in [-0.05, 0) is 56.2 Å². The van der Waals surface area contributed by atoms with Crippen LogP contribution in [0.5, 0.6) is 0 Å². The van der Waals surface area contributed by atoms with Gasteiger partial charge in [0.1, 0.15) is 0 Å². The number of carbonyl (C=O) groups excluding carboxylic acids is 2. The summed E-state index contributed by atoms with van der Waals surface area (Å²) in [5, 5.41) is 5.43. The summed E-state index contributed by atoms with van der Waals surface area (Å²) in [5.41, 5.74) is 4.31. The molecule has 0 aliphatic carbocycles. The van der Waals surface area contributed by atoms with Gasteiger partial charge in [-0.1, -0.05) is 17.7 Å². The van der Waals surface area contributed by atoms with E-state index in [-0.39, 0.29) is 18.4 Å². The smallest absolute Gasteiger partial charge is 0.251 e. The lowest BCUT2D eigenvalue weighted by Gasteiger charge is -2.13. The fraction of sp³-hybridized carbons (Fsp3) is 0.263. The molecule has 0 aliphatic rings. The van der Waals surface area contributed by atoms with Crippen molar-refractivity contribution in [3.8, 4) is 0 Å². The van der Waals surface area contributed by atoms with E-state index in [0.717, 1.165) is 22.4 Å². The van der Waals surface area contributed by atoms with E-state index in [1.807, 2.05) is 32.9 Å². The Balaban J connectivity index is 1.96. The van der Waals surface area contributed by atoms with Gasteiger partial charge in [0.05, 0.1) is 6.54 Å². The topological polar surface area (TPSA) is 75.3 Å². The van der Waals surface area contributed by atoms with Crippen molar-refractivity contribution < 1.29 is 13.8 Å². The van der Waals surface area contributed by atoms with Crippen molar-refractivity contribution in [2.24, 2.45) is 0 Å². The number of nitrogens with one attached hydrogen (secondary N) is 2. The molecule has 2 aromatic carbocycles. The number of aryl methyl sites for hydroxylation is 3. The first-order valence-electron chi connectivity index (χ1n) is 7.87. The van der Waals surface area contributed by atoms with Gasteiger partial charge in [-0.15, -0.1) is 0 Å². The second-order valence-electron chi connectivity index (χ2n) is 5.98. The maximum Gasteiger partial charge on any atom is 0.251 e. The Morgan fingerprint density at radius 3 is 2.08 bits per heavy atom. The number of anilines is 1. The molecule has 0 aliphatic heterocycles. The van der Waals surface area contributed by atoms with Gasteiger partial charge in [0, 0.05) is 33.2 Å². The molecule has 2 rings (SSSR count). The molecule has 2 N–H and O–H groups in total. The Morgan fingerprint density at radius 2 is 1.56 bits per heavy atom. The Morgan fingerprint density at radius 1 is 1.00 bits per heavy atom. The number of rotatable bonds is 5. The van der Waals surface area contributed by atoms with E-state index in [0.29, 0.717) is 10.5 Å². The van der Waals surface area contributed by atoms with E-state index in [1.165, 1.54) is 0 Å². The fourth-order valence-corrected chi connectivity index (χ4v) is 3.14. The van der Waals surface area contributed by atoms with Crippen molar-refractivity contribution in [2.75, 3.05) is 18.1 Å². The van der Waals surface area contributed by atoms with Crippen LogP contribution in [0.1, 0.15) is 27.0 Å². The van der Waals surface area contributed by atoms with Crippen LogP contribution in [-0.2, 0) is 15.6 Å². The lowest BCUT2D eigenvalue weighted by molar-refractivity contribution is -0.115. The van der Waals surface area contributed by atoms with E-state index < -0.39 is 10.8 Å². The molecule has 2 amide bonds. The average Bonchev–Trinajstić information content (AvgIpc) is 2.56. The molecule has 0 heterocycles. The van der Waals surface area contributed by atoms with E-state index in [2.05, 4.69) is 10.6 Å². The molecule has 0 spiro atoms. The van der Waals surface area contributed by atoms with E-state index in [1.54, 1.807) is 30.5 Å². The van der Waals surface area contributed by atoms with Crippen molar-refractivity contribution in [3.05, 3.63) is 58.7 Å². The lowest BCUT2D eigenvalue weighted by atomic mass is 10.1. The van der Waals surface area contributed by atoms with Crippen LogP contribution in [-0.4, -0.2) is 28.8 Å². The number of amides is 2. The number of hydrogen-bond acceptors (Lipinski definition) is 3. The van der Waals surface area contributed by atoms with Crippen LogP contribution in [0.2, 0.25) is 0 Å². The lowest BCUT2D eigenvalue weighted by Crippen LogP contribution is -2.33. The summed E-state index contributed by atoms with van der Waals surface area (Å²) in [4.78, 5) is 24.9. The van der Waals surface area contributed by atoms with E-state index in [9.17, 15) is 13.8 Å². The highest BCUT2D eigenvalue weighted by molar-refractivity contribution is 7.84. The first kappa shape index (κ1) is 18.9. The van der Waals surface area contributed by atoms with Gasteiger partial charge in [0.15, 0.2) is 0 Å². The minimum absolute atomic E-state index is 0.118. The van der Waals surface area contributed by atoms with Gasteiger partial charge in [0.2, 0.25) is 5.91 Å². The van der Waals surface area contributed by atoms with Gasteiger partial charge in [0.25, 0.3) is 5.91 Å². The highest BCUT2D eigenvalue weighted by atomic mass is 32.2. The second kappa shape index (κ2) is 8.07. The summed E-state index contributed by atoms with van der Waals surface area (Å²) in [7, 11) is -1.09. The average molecular weight is 358 g/mol. The monoisotopic (exact) mass is 358 g/mol. The zero-order chi connectivity index (χ0) is 18.6. The molecule has 1 unspecified atom stereocenters. The molecule has 132 valence electrons. The number of carbonyl (C=O) groups is 2. The molecule has 5 nitrogen and oxygen atoms in total. The highest BCUT2D eigenvalue weighted by Gasteiger charge is 2.11. The molecule has 6 heteroatoms. The molecule has 0 fully saturated rings.